The molecule has 224 valence electrons. The highest BCUT2D eigenvalue weighted by Gasteiger charge is 2.53. The number of nitrogens with one attached hydrogen (secondary N) is 1. The zero-order chi connectivity index (χ0) is 29.4. The number of hydrogen-bond acceptors (Lipinski definition) is 8. The van der Waals surface area contributed by atoms with E-state index in [4.69, 9.17) is 4.74 Å². The second-order valence-corrected chi connectivity index (χ2v) is 14.1. The van der Waals surface area contributed by atoms with E-state index in [9.17, 15) is 17.6 Å². The number of carbonyl (C=O) groups is 1. The van der Waals surface area contributed by atoms with Gasteiger partial charge in [0.25, 0.3) is 5.91 Å². The van der Waals surface area contributed by atoms with Gasteiger partial charge in [0.15, 0.2) is 11.6 Å². The summed E-state index contributed by atoms with van der Waals surface area (Å²) in [6.07, 6.45) is 5.94. The molecule has 1 N–H and O–H groups in total. The molecule has 1 saturated carbocycles. The molecule has 2 aromatic rings. The van der Waals surface area contributed by atoms with E-state index in [-0.39, 0.29) is 40.5 Å². The van der Waals surface area contributed by atoms with Crippen LogP contribution in [0.3, 0.4) is 0 Å². The van der Waals surface area contributed by atoms with Crippen LogP contribution in [-0.4, -0.2) is 91.2 Å². The molecule has 2 saturated heterocycles. The molecule has 1 aromatic carbocycles. The largest absolute Gasteiger partial charge is 0.451 e. The molecule has 0 bridgehead atoms. The van der Waals surface area contributed by atoms with Gasteiger partial charge in [0.1, 0.15) is 17.9 Å². The van der Waals surface area contributed by atoms with Crippen molar-refractivity contribution in [3.63, 3.8) is 0 Å². The Labute approximate surface area is 242 Å². The Morgan fingerprint density at radius 1 is 1.24 bits per heavy atom. The van der Waals surface area contributed by atoms with Gasteiger partial charge < -0.3 is 19.4 Å². The van der Waals surface area contributed by atoms with Crippen LogP contribution in [-0.2, 0) is 10.0 Å². The van der Waals surface area contributed by atoms with E-state index in [0.717, 1.165) is 52.0 Å². The van der Waals surface area contributed by atoms with Crippen molar-refractivity contribution in [3.05, 3.63) is 42.1 Å². The number of rotatable bonds is 11. The van der Waals surface area contributed by atoms with Gasteiger partial charge in [0, 0.05) is 51.4 Å². The Kier molecular flexibility index (Phi) is 8.54. The number of benzene rings is 1. The lowest BCUT2D eigenvalue weighted by molar-refractivity contribution is -0.0789. The van der Waals surface area contributed by atoms with Crippen LogP contribution in [0.25, 0.3) is 0 Å². The highest BCUT2D eigenvalue weighted by Crippen LogP contribution is 2.49. The van der Waals surface area contributed by atoms with E-state index < -0.39 is 15.8 Å². The molecule has 1 aromatic heterocycles. The second kappa shape index (κ2) is 11.8. The highest BCUT2D eigenvalue weighted by atomic mass is 32.2. The minimum atomic E-state index is -3.14. The number of hydrogen-bond donors (Lipinski definition) is 1. The number of aromatic nitrogens is 2. The van der Waals surface area contributed by atoms with Crippen LogP contribution in [0, 0.1) is 17.2 Å². The quantitative estimate of drug-likeness (QED) is 0.425. The average Bonchev–Trinajstić information content (AvgIpc) is 3.36. The third-order valence-corrected chi connectivity index (χ3v) is 10.0. The number of likely N-dealkylation sites (tertiary alicyclic amines) is 1. The lowest BCUT2D eigenvalue weighted by Gasteiger charge is -2.59. The molecule has 3 fully saturated rings. The number of anilines is 1. The minimum Gasteiger partial charge on any atom is -0.451 e. The van der Waals surface area contributed by atoms with Gasteiger partial charge in [-0.2, -0.15) is 0 Å². The molecule has 3 heterocycles. The first-order valence-electron chi connectivity index (χ1n) is 14.6. The predicted octanol–water partition coefficient (Wildman–Crippen LogP) is 3.51. The van der Waals surface area contributed by atoms with Gasteiger partial charge in [-0.05, 0) is 76.5 Å². The van der Waals surface area contributed by atoms with Crippen molar-refractivity contribution in [2.24, 2.45) is 11.3 Å². The topological polar surface area (TPSA) is 108 Å². The van der Waals surface area contributed by atoms with Crippen LogP contribution in [0.15, 0.2) is 30.7 Å². The van der Waals surface area contributed by atoms with Crippen LogP contribution < -0.4 is 14.4 Å². The minimum absolute atomic E-state index is 0.0401. The summed E-state index contributed by atoms with van der Waals surface area (Å²) < 4.78 is 46.9. The fourth-order valence-electron chi connectivity index (χ4n) is 6.63. The highest BCUT2D eigenvalue weighted by molar-refractivity contribution is 7.89. The Balaban J connectivity index is 1.20. The Bertz CT molecular complexity index is 1360. The first-order valence-corrected chi connectivity index (χ1v) is 16.2. The Morgan fingerprint density at radius 2 is 2.00 bits per heavy atom. The molecular weight excluding hydrogens is 547 g/mol. The number of ether oxygens (including phenoxy) is 1. The first-order chi connectivity index (χ1) is 19.5. The fourth-order valence-corrected chi connectivity index (χ4v) is 7.47. The fraction of sp³-hybridized carbons (Fsp3) is 0.621. The van der Waals surface area contributed by atoms with Crippen molar-refractivity contribution in [1.82, 2.24) is 24.5 Å². The number of sulfonamides is 1. The summed E-state index contributed by atoms with van der Waals surface area (Å²) in [6, 6.07) is 4.03. The molecule has 1 aliphatic carbocycles. The van der Waals surface area contributed by atoms with Gasteiger partial charge >= 0.3 is 0 Å². The lowest BCUT2D eigenvalue weighted by Crippen LogP contribution is -2.67. The second-order valence-electron chi connectivity index (χ2n) is 12.0. The molecule has 1 spiro atoms. The van der Waals surface area contributed by atoms with Crippen molar-refractivity contribution < 1.29 is 22.3 Å². The van der Waals surface area contributed by atoms with Crippen LogP contribution >= 0.6 is 0 Å². The zero-order valence-corrected chi connectivity index (χ0v) is 25.2. The summed E-state index contributed by atoms with van der Waals surface area (Å²) in [4.78, 5) is 28.3. The number of carbonyl (C=O) groups excluding carboxylic acids is 1. The van der Waals surface area contributed by atoms with Gasteiger partial charge in [-0.15, -0.1) is 0 Å². The molecule has 3 aliphatic rings. The molecule has 41 heavy (non-hydrogen) atoms. The predicted molar refractivity (Wildman–Crippen MR) is 155 cm³/mol. The maximum atomic E-state index is 14.2. The molecule has 2 aliphatic heterocycles. The van der Waals surface area contributed by atoms with Crippen molar-refractivity contribution in [1.29, 1.82) is 0 Å². The average molecular weight is 589 g/mol. The monoisotopic (exact) mass is 588 g/mol. The van der Waals surface area contributed by atoms with Crippen molar-refractivity contribution in [2.45, 2.75) is 59.0 Å². The Morgan fingerprint density at radius 3 is 2.68 bits per heavy atom. The van der Waals surface area contributed by atoms with Gasteiger partial charge in [-0.25, -0.2) is 27.5 Å². The van der Waals surface area contributed by atoms with E-state index in [2.05, 4.69) is 24.5 Å². The van der Waals surface area contributed by atoms with Crippen LogP contribution in [0.1, 0.15) is 57.3 Å². The summed E-state index contributed by atoms with van der Waals surface area (Å²) in [5, 5.41) is 0. The standard InChI is InChI=1S/C29H41FN6O4S/c1-5-36(20(3)4)28(37)24-11-22(30)7-8-25(24)40-26-14-31-19-32-27(26)35-10-9-21(16-35)15-34-17-29(18-34)12-23(13-29)33-41(38,39)6-2/h7-8,11,14,19-21,23,33H,5-6,9-10,12-13,15-18H2,1-4H3/t21-/m0/s1. The summed E-state index contributed by atoms with van der Waals surface area (Å²) in [6.45, 7) is 12.6. The molecule has 0 unspecified atom stereocenters. The number of halogens is 1. The van der Waals surface area contributed by atoms with E-state index in [0.29, 0.717) is 24.0 Å². The van der Waals surface area contributed by atoms with Crippen molar-refractivity contribution in [3.8, 4) is 11.5 Å². The number of nitrogens with zero attached hydrogens (tertiary/aromatic N) is 5. The maximum Gasteiger partial charge on any atom is 0.257 e. The molecule has 5 rings (SSSR count). The van der Waals surface area contributed by atoms with Crippen molar-refractivity contribution >= 4 is 21.7 Å². The van der Waals surface area contributed by atoms with E-state index in [1.54, 1.807) is 18.0 Å². The molecule has 1 amide bonds. The number of amides is 1. The third-order valence-electron chi connectivity index (χ3n) is 8.58. The summed E-state index contributed by atoms with van der Waals surface area (Å²) >= 11 is 0. The van der Waals surface area contributed by atoms with Gasteiger partial charge in [0.05, 0.1) is 17.5 Å². The zero-order valence-electron chi connectivity index (χ0n) is 24.3. The summed E-state index contributed by atoms with van der Waals surface area (Å²) in [7, 11) is -3.14. The van der Waals surface area contributed by atoms with Gasteiger partial charge in [-0.3, -0.25) is 4.79 Å². The van der Waals surface area contributed by atoms with Crippen molar-refractivity contribution in [2.75, 3.05) is 49.9 Å². The van der Waals surface area contributed by atoms with E-state index in [1.165, 1.54) is 24.5 Å². The normalized spacial score (nSPS) is 20.7. The SMILES string of the molecule is CCN(C(=O)c1cc(F)ccc1Oc1cncnc1N1CC[C@@H](CN2CC3(CC(NS(=O)(=O)CC)C3)C2)C1)C(C)C. The maximum absolute atomic E-state index is 14.2. The van der Waals surface area contributed by atoms with Crippen LogP contribution in [0.2, 0.25) is 0 Å². The molecular formula is C29H41FN6O4S. The molecule has 1 atom stereocenters. The first kappa shape index (κ1) is 29.7. The van der Waals surface area contributed by atoms with E-state index in [1.807, 2.05) is 20.8 Å². The Hall–Kier alpha value is -2.83. The smallest absolute Gasteiger partial charge is 0.257 e. The van der Waals surface area contributed by atoms with Crippen LogP contribution in [0.5, 0.6) is 11.5 Å². The summed E-state index contributed by atoms with van der Waals surface area (Å²) in [5.74, 6) is 1.17. The molecule has 10 nitrogen and oxygen atoms in total. The van der Waals surface area contributed by atoms with E-state index >= 15 is 0 Å². The van der Waals surface area contributed by atoms with Crippen LogP contribution in [0.4, 0.5) is 10.2 Å². The van der Waals surface area contributed by atoms with Gasteiger partial charge in [-0.1, -0.05) is 0 Å². The molecule has 0 radical (unpaired) electrons. The summed E-state index contributed by atoms with van der Waals surface area (Å²) in [5.41, 5.74) is 0.433. The molecule has 12 heteroatoms. The third kappa shape index (κ3) is 6.49. The lowest BCUT2D eigenvalue weighted by atomic mass is 9.61. The van der Waals surface area contributed by atoms with Gasteiger partial charge in [0.2, 0.25) is 10.0 Å².